The Bertz CT molecular complexity index is 434. The number of phenols is 1. The first-order valence-electron chi connectivity index (χ1n) is 4.50. The summed E-state index contributed by atoms with van der Waals surface area (Å²) in [5, 5.41) is 20.0. The van der Waals surface area contributed by atoms with Gasteiger partial charge in [-0.1, -0.05) is 12.1 Å². The van der Waals surface area contributed by atoms with Gasteiger partial charge in [0.25, 0.3) is 0 Å². The molecule has 0 heterocycles. The first kappa shape index (κ1) is 11.8. The Labute approximate surface area is 92.0 Å². The maximum absolute atomic E-state index is 10.8. The summed E-state index contributed by atoms with van der Waals surface area (Å²) in [6.07, 6.45) is 1.31. The van der Waals surface area contributed by atoms with E-state index < -0.39 is 11.9 Å². The van der Waals surface area contributed by atoms with E-state index >= 15 is 0 Å². The van der Waals surface area contributed by atoms with Crippen LogP contribution in [0.25, 0.3) is 6.08 Å². The molecule has 1 rings (SSSR count). The number of phenolic OH excluding ortho intramolecular Hbond substituents is 1. The van der Waals surface area contributed by atoms with Crippen LogP contribution in [-0.4, -0.2) is 22.1 Å². The van der Waals surface area contributed by atoms with Crippen LogP contribution in [0.15, 0.2) is 30.0 Å². The van der Waals surface area contributed by atoms with Crippen LogP contribution in [0.4, 0.5) is 0 Å². The first-order chi connectivity index (χ1) is 7.49. The number of aromatic hydroxyl groups is 1. The molecule has 0 aliphatic carbocycles. The summed E-state index contributed by atoms with van der Waals surface area (Å²) >= 11 is 0. The molecule has 84 valence electrons. The molecule has 0 radical (unpaired) electrons. The number of nitrogens with one attached hydrogen (secondary N) is 1. The van der Waals surface area contributed by atoms with Crippen LogP contribution in [0.3, 0.4) is 0 Å². The number of benzene rings is 1. The van der Waals surface area contributed by atoms with Crippen LogP contribution >= 0.6 is 0 Å². The average molecular weight is 221 g/mol. The van der Waals surface area contributed by atoms with Gasteiger partial charge >= 0.3 is 5.97 Å². The largest absolute Gasteiger partial charge is 0.508 e. The number of carboxylic acid groups (broad SMARTS) is 1. The molecule has 5 heteroatoms. The fourth-order valence-corrected chi connectivity index (χ4v) is 1.08. The lowest BCUT2D eigenvalue weighted by atomic mass is 10.2. The lowest BCUT2D eigenvalue weighted by Gasteiger charge is -2.02. The van der Waals surface area contributed by atoms with E-state index in [0.717, 1.165) is 0 Å². The van der Waals surface area contributed by atoms with E-state index in [4.69, 9.17) is 10.2 Å². The van der Waals surface area contributed by atoms with Crippen molar-refractivity contribution >= 4 is 18.0 Å². The first-order valence-corrected chi connectivity index (χ1v) is 4.50. The molecule has 0 aliphatic rings. The third-order valence-corrected chi connectivity index (χ3v) is 1.75. The summed E-state index contributed by atoms with van der Waals surface area (Å²) in [6.45, 7) is 1.23. The molecule has 1 amide bonds. The number of hydrogen-bond donors (Lipinski definition) is 3. The van der Waals surface area contributed by atoms with Crippen molar-refractivity contribution in [3.63, 3.8) is 0 Å². The van der Waals surface area contributed by atoms with E-state index in [1.165, 1.54) is 25.1 Å². The van der Waals surface area contributed by atoms with Crippen molar-refractivity contribution in [2.45, 2.75) is 6.92 Å². The van der Waals surface area contributed by atoms with E-state index in [0.29, 0.717) is 5.56 Å². The van der Waals surface area contributed by atoms with Gasteiger partial charge in [-0.2, -0.15) is 0 Å². The van der Waals surface area contributed by atoms with Crippen LogP contribution < -0.4 is 5.32 Å². The summed E-state index contributed by atoms with van der Waals surface area (Å²) in [5.41, 5.74) is 0.363. The lowest BCUT2D eigenvalue weighted by Crippen LogP contribution is -2.24. The molecule has 0 aromatic heterocycles. The van der Waals surface area contributed by atoms with Gasteiger partial charge in [0.15, 0.2) is 0 Å². The molecule has 16 heavy (non-hydrogen) atoms. The van der Waals surface area contributed by atoms with Crippen LogP contribution in [0.2, 0.25) is 0 Å². The molecule has 0 saturated carbocycles. The molecule has 5 nitrogen and oxygen atoms in total. The predicted molar refractivity (Wildman–Crippen MR) is 57.5 cm³/mol. The van der Waals surface area contributed by atoms with Crippen LogP contribution in [0.5, 0.6) is 5.75 Å². The highest BCUT2D eigenvalue weighted by Crippen LogP contribution is 2.12. The number of rotatable bonds is 3. The van der Waals surface area contributed by atoms with Gasteiger partial charge < -0.3 is 15.5 Å². The average Bonchev–Trinajstić information content (AvgIpc) is 2.19. The standard InChI is InChI=1S/C11H11NO4/c1-7(13)12-10(11(15)16)6-8-2-4-9(14)5-3-8/h2-6,14H,1H3,(H,12,13)(H,15,16). The molecule has 0 bridgehead atoms. The topological polar surface area (TPSA) is 86.6 Å². The second kappa shape index (κ2) is 4.97. The maximum Gasteiger partial charge on any atom is 0.352 e. The van der Waals surface area contributed by atoms with Crippen molar-refractivity contribution in [2.75, 3.05) is 0 Å². The van der Waals surface area contributed by atoms with Crippen molar-refractivity contribution < 1.29 is 19.8 Å². The van der Waals surface area contributed by atoms with Crippen molar-refractivity contribution in [1.29, 1.82) is 0 Å². The van der Waals surface area contributed by atoms with Gasteiger partial charge in [0, 0.05) is 6.92 Å². The smallest absolute Gasteiger partial charge is 0.352 e. The number of amides is 1. The van der Waals surface area contributed by atoms with Gasteiger partial charge in [0.2, 0.25) is 5.91 Å². The molecule has 0 spiro atoms. The maximum atomic E-state index is 10.8. The third kappa shape index (κ3) is 3.45. The minimum absolute atomic E-state index is 0.0913. The zero-order valence-electron chi connectivity index (χ0n) is 8.60. The van der Waals surface area contributed by atoms with Crippen LogP contribution in [0, 0.1) is 0 Å². The van der Waals surface area contributed by atoms with Crippen molar-refractivity contribution in [3.8, 4) is 5.75 Å². The van der Waals surface area contributed by atoms with Gasteiger partial charge in [-0.05, 0) is 23.8 Å². The normalized spacial score (nSPS) is 10.9. The zero-order chi connectivity index (χ0) is 12.1. The molecule has 0 atom stereocenters. The lowest BCUT2D eigenvalue weighted by molar-refractivity contribution is -0.134. The Kier molecular flexibility index (Phi) is 3.66. The van der Waals surface area contributed by atoms with Gasteiger partial charge in [0.05, 0.1) is 0 Å². The van der Waals surface area contributed by atoms with Crippen molar-refractivity contribution in [3.05, 3.63) is 35.5 Å². The van der Waals surface area contributed by atoms with Gasteiger partial charge in [-0.3, -0.25) is 4.79 Å². The summed E-state index contributed by atoms with van der Waals surface area (Å²) in [5.74, 6) is -1.58. The summed E-state index contributed by atoms with van der Waals surface area (Å²) < 4.78 is 0. The highest BCUT2D eigenvalue weighted by molar-refractivity contribution is 5.96. The van der Waals surface area contributed by atoms with E-state index in [2.05, 4.69) is 5.32 Å². The molecule has 0 saturated heterocycles. The van der Waals surface area contributed by atoms with Gasteiger partial charge in [-0.25, -0.2) is 4.79 Å². The number of hydrogen-bond acceptors (Lipinski definition) is 3. The number of carboxylic acids is 1. The van der Waals surface area contributed by atoms with Gasteiger partial charge in [0.1, 0.15) is 11.4 Å². The van der Waals surface area contributed by atoms with Crippen molar-refractivity contribution in [1.82, 2.24) is 5.32 Å². The minimum Gasteiger partial charge on any atom is -0.508 e. The minimum atomic E-state index is -1.22. The molecule has 0 fully saturated rings. The Morgan fingerprint density at radius 3 is 2.25 bits per heavy atom. The third-order valence-electron chi connectivity index (χ3n) is 1.75. The Morgan fingerprint density at radius 2 is 1.81 bits per heavy atom. The van der Waals surface area contributed by atoms with Crippen LogP contribution in [0.1, 0.15) is 12.5 Å². The van der Waals surface area contributed by atoms with E-state index in [1.54, 1.807) is 12.1 Å². The molecular formula is C11H11NO4. The molecule has 3 N–H and O–H groups in total. The Hall–Kier alpha value is -2.30. The quantitative estimate of drug-likeness (QED) is 0.663. The second-order valence-corrected chi connectivity index (χ2v) is 3.14. The monoisotopic (exact) mass is 221 g/mol. The summed E-state index contributed by atoms with van der Waals surface area (Å²) in [6, 6.07) is 5.94. The molecule has 0 aliphatic heterocycles. The van der Waals surface area contributed by atoms with E-state index in [-0.39, 0.29) is 11.4 Å². The zero-order valence-corrected chi connectivity index (χ0v) is 8.60. The number of carbonyl (C=O) groups is 2. The number of carbonyl (C=O) groups excluding carboxylic acids is 1. The molecular weight excluding hydrogens is 210 g/mol. The molecule has 0 unspecified atom stereocenters. The van der Waals surface area contributed by atoms with E-state index in [9.17, 15) is 9.59 Å². The Morgan fingerprint density at radius 1 is 1.25 bits per heavy atom. The highest BCUT2D eigenvalue weighted by atomic mass is 16.4. The second-order valence-electron chi connectivity index (χ2n) is 3.14. The number of aliphatic carboxylic acids is 1. The van der Waals surface area contributed by atoms with Crippen LogP contribution in [-0.2, 0) is 9.59 Å². The summed E-state index contributed by atoms with van der Waals surface area (Å²) in [4.78, 5) is 21.5. The van der Waals surface area contributed by atoms with E-state index in [1.807, 2.05) is 0 Å². The fraction of sp³-hybridized carbons (Fsp3) is 0.0909. The van der Waals surface area contributed by atoms with Crippen molar-refractivity contribution in [2.24, 2.45) is 0 Å². The summed E-state index contributed by atoms with van der Waals surface area (Å²) in [7, 11) is 0. The highest BCUT2D eigenvalue weighted by Gasteiger charge is 2.08. The predicted octanol–water partition coefficient (Wildman–Crippen LogP) is 0.954. The molecule has 1 aromatic carbocycles. The molecule has 1 aromatic rings. The Balaban J connectivity index is 2.97. The van der Waals surface area contributed by atoms with Gasteiger partial charge in [-0.15, -0.1) is 0 Å². The SMILES string of the molecule is CC(=O)NC(=Cc1ccc(O)cc1)C(=O)O. The fourth-order valence-electron chi connectivity index (χ4n) is 1.08.